The average molecular weight is 489 g/mol. The van der Waals surface area contributed by atoms with E-state index in [9.17, 15) is 13.2 Å². The van der Waals surface area contributed by atoms with Gasteiger partial charge in [-0.2, -0.15) is 12.8 Å². The Morgan fingerprint density at radius 1 is 1.00 bits per heavy atom. The zero-order valence-electron chi connectivity index (χ0n) is 16.9. The molecule has 9 heteroatoms. The summed E-state index contributed by atoms with van der Waals surface area (Å²) in [5, 5.41) is 3.83. The molecule has 0 atom stereocenters. The fraction of sp³-hybridized carbons (Fsp3) is 0.130. The van der Waals surface area contributed by atoms with Crippen LogP contribution in [0.3, 0.4) is 0 Å². The molecule has 0 bridgehead atoms. The van der Waals surface area contributed by atoms with Crippen LogP contribution in [0.2, 0.25) is 10.0 Å². The molecular weight excluding hydrogens is 471 g/mol. The highest BCUT2D eigenvalue weighted by Crippen LogP contribution is 2.32. The molecule has 0 aliphatic carbocycles. The first kappa shape index (κ1) is 22.3. The van der Waals surface area contributed by atoms with Crippen molar-refractivity contribution in [3.05, 3.63) is 93.0 Å². The summed E-state index contributed by atoms with van der Waals surface area (Å²) in [4.78, 5) is 12.4. The van der Waals surface area contributed by atoms with Gasteiger partial charge >= 0.3 is 5.97 Å². The second-order valence-corrected chi connectivity index (χ2v) is 9.54. The van der Waals surface area contributed by atoms with Gasteiger partial charge in [0.25, 0.3) is 10.0 Å². The Hall–Kier alpha value is -2.87. The van der Waals surface area contributed by atoms with Crippen molar-refractivity contribution in [3.8, 4) is 0 Å². The predicted molar refractivity (Wildman–Crippen MR) is 126 cm³/mol. The summed E-state index contributed by atoms with van der Waals surface area (Å²) in [7, 11) is -3.74. The minimum atomic E-state index is -3.74. The fourth-order valence-corrected chi connectivity index (χ4v) is 4.87. The van der Waals surface area contributed by atoms with Gasteiger partial charge in [0.2, 0.25) is 0 Å². The number of hydrogen-bond donors (Lipinski definition) is 1. The quantitative estimate of drug-likeness (QED) is 0.384. The first-order valence-electron chi connectivity index (χ1n) is 9.68. The van der Waals surface area contributed by atoms with E-state index in [1.807, 2.05) is 25.1 Å². The van der Waals surface area contributed by atoms with Crippen LogP contribution >= 0.6 is 23.2 Å². The molecule has 0 saturated carbocycles. The number of esters is 1. The van der Waals surface area contributed by atoms with Gasteiger partial charge in [0, 0.05) is 23.4 Å². The maximum absolute atomic E-state index is 12.5. The lowest BCUT2D eigenvalue weighted by Crippen LogP contribution is -2.16. The van der Waals surface area contributed by atoms with Crippen LogP contribution in [-0.4, -0.2) is 33.3 Å². The zero-order valence-corrected chi connectivity index (χ0v) is 19.3. The van der Waals surface area contributed by atoms with Gasteiger partial charge in [-0.25, -0.2) is 4.79 Å². The highest BCUT2D eigenvalue weighted by Gasteiger charge is 2.30. The Bertz CT molecular complexity index is 1350. The molecule has 164 valence electrons. The Morgan fingerprint density at radius 2 is 1.78 bits per heavy atom. The van der Waals surface area contributed by atoms with Crippen LogP contribution in [-0.2, 0) is 14.8 Å². The number of aryl methyl sites for hydroxylation is 1. The molecule has 3 aromatic rings. The van der Waals surface area contributed by atoms with Gasteiger partial charge in [-0.15, -0.1) is 0 Å². The molecule has 0 spiro atoms. The number of sulfonamides is 1. The summed E-state index contributed by atoms with van der Waals surface area (Å²) >= 11 is 11.8. The highest BCUT2D eigenvalue weighted by atomic mass is 35.5. The van der Waals surface area contributed by atoms with Crippen molar-refractivity contribution in [3.63, 3.8) is 0 Å². The van der Waals surface area contributed by atoms with Crippen molar-refractivity contribution < 1.29 is 17.9 Å². The molecule has 1 heterocycles. The van der Waals surface area contributed by atoms with Crippen molar-refractivity contribution in [1.82, 2.24) is 0 Å². The number of carbonyl (C=O) groups excluding carboxylic acids is 1. The molecule has 4 rings (SSSR count). The molecule has 3 aromatic carbocycles. The fourth-order valence-electron chi connectivity index (χ4n) is 3.34. The standard InChI is InChI=1S/C23H18Cl2N2O4S/c1-14-6-9-20(26-10-11-31-23(28)15-7-8-18(24)19(25)13-15)17(12-14)22-16-4-2-3-5-21(16)32(29,30)27-22/h2-9,12-13,26H,10-11H2,1H3. The molecule has 0 fully saturated rings. The van der Waals surface area contributed by atoms with Crippen LogP contribution < -0.4 is 5.32 Å². The summed E-state index contributed by atoms with van der Waals surface area (Å²) in [6.07, 6.45) is 0. The Kier molecular flexibility index (Phi) is 6.24. The molecule has 0 radical (unpaired) electrons. The molecular formula is C23H18Cl2N2O4S. The van der Waals surface area contributed by atoms with E-state index in [4.69, 9.17) is 27.9 Å². The highest BCUT2D eigenvalue weighted by molar-refractivity contribution is 7.90. The van der Waals surface area contributed by atoms with Crippen LogP contribution in [0.1, 0.15) is 27.0 Å². The number of nitrogens with zero attached hydrogens (tertiary/aromatic N) is 1. The van der Waals surface area contributed by atoms with E-state index in [1.165, 1.54) is 18.2 Å². The lowest BCUT2D eigenvalue weighted by atomic mass is 9.99. The van der Waals surface area contributed by atoms with Crippen LogP contribution in [0, 0.1) is 6.92 Å². The largest absolute Gasteiger partial charge is 0.460 e. The van der Waals surface area contributed by atoms with Gasteiger partial charge in [-0.3, -0.25) is 0 Å². The third-order valence-electron chi connectivity index (χ3n) is 4.87. The molecule has 0 amide bonds. The van der Waals surface area contributed by atoms with Crippen LogP contribution in [0.15, 0.2) is 70.0 Å². The number of ether oxygens (including phenoxy) is 1. The summed E-state index contributed by atoms with van der Waals surface area (Å²) in [6, 6.07) is 16.9. The van der Waals surface area contributed by atoms with Crippen molar-refractivity contribution in [2.45, 2.75) is 11.8 Å². The second kappa shape index (κ2) is 8.94. The normalized spacial score (nSPS) is 13.9. The molecule has 0 saturated heterocycles. The van der Waals surface area contributed by atoms with Crippen LogP contribution in [0.4, 0.5) is 5.69 Å². The molecule has 32 heavy (non-hydrogen) atoms. The number of anilines is 1. The minimum absolute atomic E-state index is 0.0910. The summed E-state index contributed by atoms with van der Waals surface area (Å²) in [6.45, 7) is 2.32. The van der Waals surface area contributed by atoms with Crippen molar-refractivity contribution >= 4 is 50.6 Å². The van der Waals surface area contributed by atoms with Gasteiger partial charge in [-0.05, 0) is 43.3 Å². The monoisotopic (exact) mass is 488 g/mol. The van der Waals surface area contributed by atoms with Gasteiger partial charge in [0.15, 0.2) is 0 Å². The molecule has 1 aliphatic rings. The van der Waals surface area contributed by atoms with Crippen molar-refractivity contribution in [1.29, 1.82) is 0 Å². The van der Waals surface area contributed by atoms with E-state index in [0.717, 1.165) is 5.56 Å². The first-order valence-corrected chi connectivity index (χ1v) is 11.9. The van der Waals surface area contributed by atoms with Gasteiger partial charge in [-0.1, -0.05) is 53.0 Å². The number of carbonyl (C=O) groups is 1. The number of benzene rings is 3. The van der Waals surface area contributed by atoms with E-state index < -0.39 is 16.0 Å². The second-order valence-electron chi connectivity index (χ2n) is 7.15. The molecule has 1 N–H and O–H groups in total. The van der Waals surface area contributed by atoms with Gasteiger partial charge in [0.05, 0.1) is 26.2 Å². The van der Waals surface area contributed by atoms with E-state index in [2.05, 4.69) is 9.71 Å². The van der Waals surface area contributed by atoms with E-state index in [0.29, 0.717) is 39.7 Å². The van der Waals surface area contributed by atoms with Crippen molar-refractivity contribution in [2.24, 2.45) is 4.40 Å². The smallest absolute Gasteiger partial charge is 0.338 e. The maximum Gasteiger partial charge on any atom is 0.338 e. The average Bonchev–Trinajstić information content (AvgIpc) is 3.05. The molecule has 1 aliphatic heterocycles. The summed E-state index contributed by atoms with van der Waals surface area (Å²) < 4.78 is 34.2. The number of fused-ring (bicyclic) bond motifs is 1. The van der Waals surface area contributed by atoms with Gasteiger partial charge < -0.3 is 10.1 Å². The number of hydrogen-bond acceptors (Lipinski definition) is 5. The van der Waals surface area contributed by atoms with Crippen LogP contribution in [0.25, 0.3) is 0 Å². The summed E-state index contributed by atoms with van der Waals surface area (Å²) in [5.41, 5.74) is 3.56. The minimum Gasteiger partial charge on any atom is -0.460 e. The Balaban J connectivity index is 1.49. The number of nitrogens with one attached hydrogen (secondary N) is 1. The lowest BCUT2D eigenvalue weighted by molar-refractivity contribution is 0.0520. The number of rotatable bonds is 6. The molecule has 0 unspecified atom stereocenters. The zero-order chi connectivity index (χ0) is 22.9. The number of halogens is 2. The van der Waals surface area contributed by atoms with E-state index in [1.54, 1.807) is 24.3 Å². The third-order valence-corrected chi connectivity index (χ3v) is 6.94. The SMILES string of the molecule is Cc1ccc(NCCOC(=O)c2ccc(Cl)c(Cl)c2)c(C2=NS(=O)(=O)c3ccccc32)c1. The van der Waals surface area contributed by atoms with Crippen LogP contribution in [0.5, 0.6) is 0 Å². The maximum atomic E-state index is 12.5. The van der Waals surface area contributed by atoms with E-state index in [-0.39, 0.29) is 16.5 Å². The topological polar surface area (TPSA) is 84.8 Å². The van der Waals surface area contributed by atoms with Crippen molar-refractivity contribution in [2.75, 3.05) is 18.5 Å². The first-order chi connectivity index (χ1) is 15.3. The predicted octanol–water partition coefficient (Wildman–Crippen LogP) is 5.11. The lowest BCUT2D eigenvalue weighted by Gasteiger charge is -2.14. The molecule has 6 nitrogen and oxygen atoms in total. The summed E-state index contributed by atoms with van der Waals surface area (Å²) in [5.74, 6) is -0.519. The third kappa shape index (κ3) is 4.50. The van der Waals surface area contributed by atoms with Gasteiger partial charge in [0.1, 0.15) is 6.61 Å². The molecule has 0 aromatic heterocycles. The Labute approximate surface area is 195 Å². The Morgan fingerprint density at radius 3 is 2.56 bits per heavy atom. The van der Waals surface area contributed by atoms with E-state index >= 15 is 0 Å².